The Labute approximate surface area is 137 Å². The van der Waals surface area contributed by atoms with Gasteiger partial charge in [-0.25, -0.2) is 0 Å². The van der Waals surface area contributed by atoms with Crippen molar-refractivity contribution in [2.75, 3.05) is 0 Å². The van der Waals surface area contributed by atoms with Crippen LogP contribution >= 0.6 is 0 Å². The standard InChI is InChI=1S/C20H23NO2/c1-18-7-13-8-19(2,10-18)12-20(9-13,11-18)21-16(22)14-5-3-4-6-15(14)17(21)23/h3-6,13H,7-12H2,1-2H3/t13?,18-,19+,20?. The number of benzene rings is 1. The fraction of sp³-hybridized carbons (Fsp3) is 0.600. The van der Waals surface area contributed by atoms with Crippen molar-refractivity contribution in [2.24, 2.45) is 16.7 Å². The Bertz CT molecular complexity index is 699. The first-order valence-electron chi connectivity index (χ1n) is 8.81. The number of hydrogen-bond donors (Lipinski definition) is 0. The largest absolute Gasteiger partial charge is 0.269 e. The van der Waals surface area contributed by atoms with Gasteiger partial charge in [0.25, 0.3) is 11.8 Å². The summed E-state index contributed by atoms with van der Waals surface area (Å²) in [7, 11) is 0. The van der Waals surface area contributed by atoms with E-state index < -0.39 is 0 Å². The van der Waals surface area contributed by atoms with Crippen LogP contribution in [0.4, 0.5) is 0 Å². The molecule has 4 saturated carbocycles. The van der Waals surface area contributed by atoms with Crippen LogP contribution in [0.5, 0.6) is 0 Å². The third-order valence-corrected chi connectivity index (χ3v) is 6.87. The maximum Gasteiger partial charge on any atom is 0.262 e. The summed E-state index contributed by atoms with van der Waals surface area (Å²) in [5, 5.41) is 0. The van der Waals surface area contributed by atoms with Crippen LogP contribution < -0.4 is 0 Å². The highest BCUT2D eigenvalue weighted by Crippen LogP contribution is 2.68. The van der Waals surface area contributed by atoms with Gasteiger partial charge in [-0.05, 0) is 67.4 Å². The minimum absolute atomic E-state index is 0.0558. The molecule has 4 bridgehead atoms. The second kappa shape index (κ2) is 3.88. The molecule has 1 aromatic carbocycles. The number of carbonyl (C=O) groups is 2. The number of hydrogen-bond acceptors (Lipinski definition) is 2. The summed E-state index contributed by atoms with van der Waals surface area (Å²) < 4.78 is 0. The van der Waals surface area contributed by atoms with Crippen LogP contribution in [0.2, 0.25) is 0 Å². The van der Waals surface area contributed by atoms with Crippen LogP contribution in [0, 0.1) is 16.7 Å². The molecule has 2 unspecified atom stereocenters. The normalized spacial score (nSPS) is 44.1. The Morgan fingerprint density at radius 2 is 1.39 bits per heavy atom. The Morgan fingerprint density at radius 3 is 1.87 bits per heavy atom. The zero-order valence-electron chi connectivity index (χ0n) is 13.9. The van der Waals surface area contributed by atoms with Crippen molar-refractivity contribution in [1.29, 1.82) is 0 Å². The molecule has 3 heteroatoms. The van der Waals surface area contributed by atoms with Gasteiger partial charge in [0, 0.05) is 0 Å². The first-order chi connectivity index (χ1) is 10.8. The van der Waals surface area contributed by atoms with Crippen molar-refractivity contribution in [2.45, 2.75) is 57.9 Å². The molecule has 120 valence electrons. The van der Waals surface area contributed by atoms with Crippen molar-refractivity contribution < 1.29 is 9.59 Å². The molecule has 0 saturated heterocycles. The molecule has 4 fully saturated rings. The van der Waals surface area contributed by atoms with Gasteiger partial charge in [-0.3, -0.25) is 14.5 Å². The van der Waals surface area contributed by atoms with E-state index >= 15 is 0 Å². The molecule has 1 aromatic rings. The third-order valence-electron chi connectivity index (χ3n) is 6.87. The Hall–Kier alpha value is -1.64. The molecular formula is C20H23NO2. The van der Waals surface area contributed by atoms with Gasteiger partial charge in [0.05, 0.1) is 16.7 Å². The monoisotopic (exact) mass is 309 g/mol. The molecule has 2 amide bonds. The SMILES string of the molecule is C[C@]12CC3CC(N4C(=O)c5ccccc5C4=O)(C1)C[C@@](C)(C3)C2. The topological polar surface area (TPSA) is 37.4 Å². The van der Waals surface area contributed by atoms with Gasteiger partial charge in [0.1, 0.15) is 0 Å². The van der Waals surface area contributed by atoms with E-state index in [-0.39, 0.29) is 17.4 Å². The summed E-state index contributed by atoms with van der Waals surface area (Å²) in [6.45, 7) is 4.76. The molecule has 1 aliphatic heterocycles. The second-order valence-electron chi connectivity index (χ2n) is 9.35. The van der Waals surface area contributed by atoms with E-state index in [2.05, 4.69) is 13.8 Å². The Balaban J connectivity index is 1.63. The number of nitrogens with zero attached hydrogens (tertiary/aromatic N) is 1. The maximum absolute atomic E-state index is 13.0. The summed E-state index contributed by atoms with van der Waals surface area (Å²) in [6.07, 6.45) is 6.81. The fourth-order valence-electron chi connectivity index (χ4n) is 7.26. The van der Waals surface area contributed by atoms with Crippen molar-refractivity contribution in [3.63, 3.8) is 0 Å². The molecule has 4 aliphatic carbocycles. The summed E-state index contributed by atoms with van der Waals surface area (Å²) >= 11 is 0. The number of fused-ring (bicyclic) bond motifs is 1. The molecule has 5 aliphatic rings. The van der Waals surface area contributed by atoms with Gasteiger partial charge in [-0.15, -0.1) is 0 Å². The highest BCUT2D eigenvalue weighted by Gasteiger charge is 2.64. The van der Waals surface area contributed by atoms with Gasteiger partial charge in [-0.2, -0.15) is 0 Å². The van der Waals surface area contributed by atoms with Crippen LogP contribution in [0.25, 0.3) is 0 Å². The Morgan fingerprint density at radius 1 is 0.870 bits per heavy atom. The number of rotatable bonds is 1. The van der Waals surface area contributed by atoms with Crippen molar-refractivity contribution in [1.82, 2.24) is 4.90 Å². The van der Waals surface area contributed by atoms with Gasteiger partial charge < -0.3 is 0 Å². The molecule has 3 nitrogen and oxygen atoms in total. The summed E-state index contributed by atoms with van der Waals surface area (Å²) in [5.41, 5.74) is 1.55. The predicted octanol–water partition coefficient (Wildman–Crippen LogP) is 4.03. The van der Waals surface area contributed by atoms with E-state index in [9.17, 15) is 9.59 Å². The minimum Gasteiger partial charge on any atom is -0.269 e. The molecule has 0 aromatic heterocycles. The maximum atomic E-state index is 13.0. The average Bonchev–Trinajstić information content (AvgIpc) is 2.68. The van der Waals surface area contributed by atoms with E-state index in [4.69, 9.17) is 0 Å². The Kier molecular flexibility index (Phi) is 2.32. The second-order valence-corrected chi connectivity index (χ2v) is 9.35. The van der Waals surface area contributed by atoms with Crippen LogP contribution in [0.1, 0.15) is 73.1 Å². The van der Waals surface area contributed by atoms with E-state index in [1.165, 1.54) is 19.3 Å². The molecular weight excluding hydrogens is 286 g/mol. The fourth-order valence-corrected chi connectivity index (χ4v) is 7.26. The number of imide groups is 1. The lowest BCUT2D eigenvalue weighted by Crippen LogP contribution is -2.66. The molecule has 6 rings (SSSR count). The molecule has 0 N–H and O–H groups in total. The van der Waals surface area contributed by atoms with Crippen LogP contribution in [-0.4, -0.2) is 22.3 Å². The lowest BCUT2D eigenvalue weighted by Gasteiger charge is -2.66. The zero-order chi connectivity index (χ0) is 16.0. The minimum atomic E-state index is -0.240. The van der Waals surface area contributed by atoms with Crippen LogP contribution in [0.15, 0.2) is 24.3 Å². The first-order valence-corrected chi connectivity index (χ1v) is 8.81. The van der Waals surface area contributed by atoms with Gasteiger partial charge in [0.2, 0.25) is 0 Å². The smallest absolute Gasteiger partial charge is 0.262 e. The third kappa shape index (κ3) is 1.66. The molecule has 0 spiro atoms. The van der Waals surface area contributed by atoms with E-state index in [0.29, 0.717) is 27.9 Å². The predicted molar refractivity (Wildman–Crippen MR) is 87.1 cm³/mol. The van der Waals surface area contributed by atoms with Gasteiger partial charge >= 0.3 is 0 Å². The van der Waals surface area contributed by atoms with E-state index in [0.717, 1.165) is 19.3 Å². The van der Waals surface area contributed by atoms with Gasteiger partial charge in [-0.1, -0.05) is 26.0 Å². The number of amides is 2. The molecule has 4 atom stereocenters. The van der Waals surface area contributed by atoms with E-state index in [1.54, 1.807) is 17.0 Å². The highest BCUT2D eigenvalue weighted by atomic mass is 16.2. The van der Waals surface area contributed by atoms with Crippen LogP contribution in [-0.2, 0) is 0 Å². The lowest BCUT2D eigenvalue weighted by atomic mass is 9.42. The number of carbonyl (C=O) groups excluding carboxylic acids is 2. The molecule has 23 heavy (non-hydrogen) atoms. The summed E-state index contributed by atoms with van der Waals surface area (Å²) in [5.74, 6) is 0.560. The summed E-state index contributed by atoms with van der Waals surface area (Å²) in [6, 6.07) is 7.32. The van der Waals surface area contributed by atoms with Gasteiger partial charge in [0.15, 0.2) is 0 Å². The summed E-state index contributed by atoms with van der Waals surface area (Å²) in [4.78, 5) is 27.8. The van der Waals surface area contributed by atoms with E-state index in [1.807, 2.05) is 12.1 Å². The first kappa shape index (κ1) is 13.8. The quantitative estimate of drug-likeness (QED) is 0.734. The average molecular weight is 309 g/mol. The highest BCUT2D eigenvalue weighted by molar-refractivity contribution is 6.21. The molecule has 0 radical (unpaired) electrons. The van der Waals surface area contributed by atoms with Crippen molar-refractivity contribution in [3.05, 3.63) is 35.4 Å². The zero-order valence-corrected chi connectivity index (χ0v) is 13.9. The van der Waals surface area contributed by atoms with Crippen molar-refractivity contribution in [3.8, 4) is 0 Å². The van der Waals surface area contributed by atoms with Crippen LogP contribution in [0.3, 0.4) is 0 Å². The van der Waals surface area contributed by atoms with Crippen molar-refractivity contribution >= 4 is 11.8 Å². The molecule has 1 heterocycles. The lowest BCUT2D eigenvalue weighted by molar-refractivity contribution is -0.140.